The van der Waals surface area contributed by atoms with Crippen LogP contribution in [0.4, 0.5) is 5.69 Å². The normalized spacial score (nSPS) is 17.5. The predicted octanol–water partition coefficient (Wildman–Crippen LogP) is 2.01. The van der Waals surface area contributed by atoms with Crippen molar-refractivity contribution in [1.82, 2.24) is 0 Å². The first kappa shape index (κ1) is 17.3. The fourth-order valence-electron chi connectivity index (χ4n) is 2.23. The van der Waals surface area contributed by atoms with Crippen LogP contribution in [0.2, 0.25) is 0 Å². The summed E-state index contributed by atoms with van der Waals surface area (Å²) >= 11 is 1.14. The topological polar surface area (TPSA) is 72.9 Å². The van der Waals surface area contributed by atoms with E-state index in [2.05, 4.69) is 0 Å². The summed E-state index contributed by atoms with van der Waals surface area (Å²) in [6.07, 6.45) is 0.0934. The van der Waals surface area contributed by atoms with Gasteiger partial charge >= 0.3 is 5.97 Å². The average Bonchev–Trinajstić information content (AvgIpc) is 2.81. The summed E-state index contributed by atoms with van der Waals surface area (Å²) in [6.45, 7) is 4.45. The number of carbonyl (C=O) groups is 3. The smallest absolute Gasteiger partial charge is 0.315 e. The van der Waals surface area contributed by atoms with E-state index < -0.39 is 5.25 Å². The van der Waals surface area contributed by atoms with Gasteiger partial charge in [-0.1, -0.05) is 0 Å². The molecule has 7 heteroatoms. The van der Waals surface area contributed by atoms with Gasteiger partial charge in [0.05, 0.1) is 29.9 Å². The number of ether oxygens (including phenoxy) is 2. The van der Waals surface area contributed by atoms with Gasteiger partial charge < -0.3 is 9.47 Å². The van der Waals surface area contributed by atoms with Crippen LogP contribution in [0, 0.1) is 0 Å². The van der Waals surface area contributed by atoms with E-state index in [0.717, 1.165) is 11.8 Å². The molecular weight excluding hydrogens is 318 g/mol. The van der Waals surface area contributed by atoms with Gasteiger partial charge in [0.1, 0.15) is 5.75 Å². The number of hydrogen-bond donors (Lipinski definition) is 0. The summed E-state index contributed by atoms with van der Waals surface area (Å²) < 4.78 is 10.2. The lowest BCUT2D eigenvalue weighted by molar-refractivity contribution is -0.139. The van der Waals surface area contributed by atoms with Crippen molar-refractivity contribution in [1.29, 1.82) is 0 Å². The molecule has 6 nitrogen and oxygen atoms in total. The van der Waals surface area contributed by atoms with Crippen molar-refractivity contribution in [2.75, 3.05) is 23.9 Å². The maximum atomic E-state index is 12.4. The van der Waals surface area contributed by atoms with Crippen LogP contribution in [-0.2, 0) is 19.1 Å². The summed E-state index contributed by atoms with van der Waals surface area (Å²) in [5.41, 5.74) is 0.516. The maximum Gasteiger partial charge on any atom is 0.315 e. The Balaban J connectivity index is 2.01. The van der Waals surface area contributed by atoms with Gasteiger partial charge in [-0.3, -0.25) is 14.4 Å². The second-order valence-corrected chi connectivity index (χ2v) is 5.99. The molecule has 23 heavy (non-hydrogen) atoms. The molecule has 0 aromatic heterocycles. The molecule has 0 N–H and O–H groups in total. The van der Waals surface area contributed by atoms with Crippen LogP contribution >= 0.6 is 11.8 Å². The van der Waals surface area contributed by atoms with Crippen molar-refractivity contribution in [3.63, 3.8) is 0 Å². The number of rotatable bonds is 7. The number of carbonyl (C=O) groups excluding carboxylic acids is 3. The minimum absolute atomic E-state index is 0.0641. The van der Waals surface area contributed by atoms with E-state index >= 15 is 0 Å². The highest BCUT2D eigenvalue weighted by atomic mass is 32.2. The Bertz CT molecular complexity index is 587. The summed E-state index contributed by atoms with van der Waals surface area (Å²) in [4.78, 5) is 37.1. The monoisotopic (exact) mass is 337 g/mol. The molecule has 1 heterocycles. The number of anilines is 1. The number of hydrogen-bond acceptors (Lipinski definition) is 6. The van der Waals surface area contributed by atoms with Crippen LogP contribution in [0.15, 0.2) is 24.3 Å². The Morgan fingerprint density at radius 1 is 1.22 bits per heavy atom. The van der Waals surface area contributed by atoms with E-state index in [9.17, 15) is 14.4 Å². The Hall–Kier alpha value is -2.02. The van der Waals surface area contributed by atoms with Crippen molar-refractivity contribution < 1.29 is 23.9 Å². The molecule has 0 radical (unpaired) electrons. The molecule has 1 aromatic rings. The van der Waals surface area contributed by atoms with Gasteiger partial charge in [0.2, 0.25) is 11.8 Å². The number of thioether (sulfide) groups is 1. The highest BCUT2D eigenvalue weighted by molar-refractivity contribution is 8.01. The van der Waals surface area contributed by atoms with Crippen molar-refractivity contribution in [2.24, 2.45) is 0 Å². The number of esters is 1. The molecule has 1 fully saturated rings. The number of nitrogens with zero attached hydrogens (tertiary/aromatic N) is 1. The van der Waals surface area contributed by atoms with E-state index in [0.29, 0.717) is 24.7 Å². The molecule has 1 aliphatic heterocycles. The third-order valence-electron chi connectivity index (χ3n) is 3.22. The quantitative estimate of drug-likeness (QED) is 0.560. The zero-order chi connectivity index (χ0) is 16.8. The van der Waals surface area contributed by atoms with Crippen LogP contribution in [-0.4, -0.2) is 42.0 Å². The molecule has 1 aliphatic rings. The van der Waals surface area contributed by atoms with E-state index in [1.807, 2.05) is 6.92 Å². The summed E-state index contributed by atoms with van der Waals surface area (Å²) in [6, 6.07) is 6.80. The Morgan fingerprint density at radius 2 is 1.91 bits per heavy atom. The molecule has 0 aliphatic carbocycles. The Morgan fingerprint density at radius 3 is 2.52 bits per heavy atom. The summed E-state index contributed by atoms with van der Waals surface area (Å²) in [5, 5.41) is -0.543. The van der Waals surface area contributed by atoms with Gasteiger partial charge in [-0.2, -0.15) is 0 Å². The predicted molar refractivity (Wildman–Crippen MR) is 87.6 cm³/mol. The molecule has 124 valence electrons. The molecule has 1 aromatic carbocycles. The first-order valence-electron chi connectivity index (χ1n) is 7.43. The Labute approximate surface area is 139 Å². The zero-order valence-corrected chi connectivity index (χ0v) is 13.9. The minimum Gasteiger partial charge on any atom is -0.494 e. The Kier molecular flexibility index (Phi) is 6.04. The molecule has 2 amide bonds. The second-order valence-electron chi connectivity index (χ2n) is 4.80. The fraction of sp³-hybridized carbons (Fsp3) is 0.438. The minimum atomic E-state index is -0.543. The molecule has 2 rings (SSSR count). The van der Waals surface area contributed by atoms with E-state index in [1.54, 1.807) is 31.2 Å². The first-order valence-corrected chi connectivity index (χ1v) is 8.48. The summed E-state index contributed by atoms with van der Waals surface area (Å²) in [7, 11) is 0. The summed E-state index contributed by atoms with van der Waals surface area (Å²) in [5.74, 6) is -0.191. The molecule has 1 atom stereocenters. The molecule has 1 unspecified atom stereocenters. The lowest BCUT2D eigenvalue weighted by Crippen LogP contribution is -2.31. The zero-order valence-electron chi connectivity index (χ0n) is 13.1. The van der Waals surface area contributed by atoms with Gasteiger partial charge in [-0.15, -0.1) is 11.8 Å². The largest absolute Gasteiger partial charge is 0.494 e. The van der Waals surface area contributed by atoms with E-state index in [4.69, 9.17) is 9.47 Å². The second kappa shape index (κ2) is 8.01. The average molecular weight is 337 g/mol. The highest BCUT2D eigenvalue weighted by Gasteiger charge is 2.40. The number of amides is 2. The SMILES string of the molecule is CCOC(=O)CSC1CC(=O)N(c2ccc(OCC)cc2)C1=O. The van der Waals surface area contributed by atoms with Crippen LogP contribution in [0.25, 0.3) is 0 Å². The van der Waals surface area contributed by atoms with Crippen molar-refractivity contribution >= 4 is 35.2 Å². The van der Waals surface area contributed by atoms with Gasteiger partial charge in [0, 0.05) is 6.42 Å². The standard InChI is InChI=1S/C16H19NO5S/c1-3-21-12-7-5-11(6-8-12)17-14(18)9-13(16(17)20)23-10-15(19)22-4-2/h5-8,13H,3-4,9-10H2,1-2H3. The third-order valence-corrected chi connectivity index (χ3v) is 4.39. The molecule has 0 saturated carbocycles. The van der Waals surface area contributed by atoms with Crippen LogP contribution < -0.4 is 9.64 Å². The maximum absolute atomic E-state index is 12.4. The van der Waals surface area contributed by atoms with Crippen molar-refractivity contribution in [2.45, 2.75) is 25.5 Å². The van der Waals surface area contributed by atoms with Crippen molar-refractivity contribution in [3.8, 4) is 5.75 Å². The fourth-order valence-corrected chi connectivity index (χ4v) is 3.16. The van der Waals surface area contributed by atoms with Gasteiger partial charge in [0.15, 0.2) is 0 Å². The van der Waals surface area contributed by atoms with Crippen LogP contribution in [0.1, 0.15) is 20.3 Å². The molecular formula is C16H19NO5S. The molecule has 1 saturated heterocycles. The lowest BCUT2D eigenvalue weighted by atomic mass is 10.3. The first-order chi connectivity index (χ1) is 11.1. The third kappa shape index (κ3) is 4.25. The lowest BCUT2D eigenvalue weighted by Gasteiger charge is -2.15. The van der Waals surface area contributed by atoms with Gasteiger partial charge in [0.25, 0.3) is 0 Å². The molecule has 0 bridgehead atoms. The van der Waals surface area contributed by atoms with Crippen LogP contribution in [0.5, 0.6) is 5.75 Å². The van der Waals surface area contributed by atoms with E-state index in [-0.39, 0.29) is 30.0 Å². The van der Waals surface area contributed by atoms with Gasteiger partial charge in [-0.25, -0.2) is 4.90 Å². The molecule has 0 spiro atoms. The van der Waals surface area contributed by atoms with E-state index in [1.165, 1.54) is 4.90 Å². The highest BCUT2D eigenvalue weighted by Crippen LogP contribution is 2.30. The van der Waals surface area contributed by atoms with Crippen LogP contribution in [0.3, 0.4) is 0 Å². The number of benzene rings is 1. The number of imide groups is 1. The van der Waals surface area contributed by atoms with Crippen molar-refractivity contribution in [3.05, 3.63) is 24.3 Å². The van der Waals surface area contributed by atoms with Gasteiger partial charge in [-0.05, 0) is 38.1 Å².